The molecule has 0 aliphatic rings. The summed E-state index contributed by atoms with van der Waals surface area (Å²) in [5, 5.41) is 9.37. The van der Waals surface area contributed by atoms with Crippen LogP contribution in [-0.4, -0.2) is 11.2 Å². The van der Waals surface area contributed by atoms with Crippen LogP contribution in [0.1, 0.15) is 30.5 Å². The summed E-state index contributed by atoms with van der Waals surface area (Å²) in [6.07, 6.45) is 1.68. The minimum atomic E-state index is -0.366. The molecular weight excluding hydrogens is 172 g/mol. The molecule has 1 heteroatoms. The van der Waals surface area contributed by atoms with Gasteiger partial charge in [-0.2, -0.15) is 0 Å². The molecule has 0 heterocycles. The Morgan fingerprint density at radius 3 is 2.57 bits per heavy atom. The lowest BCUT2D eigenvalue weighted by Gasteiger charge is -2.07. The predicted octanol–water partition coefficient (Wildman–Crippen LogP) is 3.09. The largest absolute Gasteiger partial charge is 0.389 e. The van der Waals surface area contributed by atoms with E-state index in [0.717, 1.165) is 5.57 Å². The van der Waals surface area contributed by atoms with Crippen molar-refractivity contribution >= 4 is 6.08 Å². The van der Waals surface area contributed by atoms with Crippen molar-refractivity contribution in [3.63, 3.8) is 0 Å². The lowest BCUT2D eigenvalue weighted by Crippen LogP contribution is -2.00. The number of aryl methyl sites for hydroxylation is 2. The number of rotatable bonds is 2. The Morgan fingerprint density at radius 2 is 2.00 bits per heavy atom. The standard InChI is InChI=1S/C13H18O/c1-9-5-6-10(2)13(7-9)8-11(3)12(4)14/h5-8,12,14H,1-4H3/b11-8+. The highest BCUT2D eigenvalue weighted by Gasteiger charge is 2.00. The molecular formula is C13H18O. The van der Waals surface area contributed by atoms with E-state index in [2.05, 4.69) is 32.0 Å². The fourth-order valence-electron chi connectivity index (χ4n) is 1.28. The van der Waals surface area contributed by atoms with E-state index in [1.54, 1.807) is 6.92 Å². The fourth-order valence-corrected chi connectivity index (χ4v) is 1.28. The zero-order valence-corrected chi connectivity index (χ0v) is 9.33. The van der Waals surface area contributed by atoms with E-state index in [1.165, 1.54) is 16.7 Å². The van der Waals surface area contributed by atoms with Crippen molar-refractivity contribution in [1.29, 1.82) is 0 Å². The molecule has 0 aliphatic carbocycles. The molecule has 0 radical (unpaired) electrons. The van der Waals surface area contributed by atoms with Crippen molar-refractivity contribution < 1.29 is 5.11 Å². The second-order valence-corrected chi connectivity index (χ2v) is 3.92. The molecule has 0 saturated heterocycles. The van der Waals surface area contributed by atoms with Crippen LogP contribution >= 0.6 is 0 Å². The van der Waals surface area contributed by atoms with E-state index >= 15 is 0 Å². The Labute approximate surface area is 86.1 Å². The molecule has 0 aromatic heterocycles. The molecule has 0 spiro atoms. The normalized spacial score (nSPS) is 14.2. The average molecular weight is 190 g/mol. The maximum Gasteiger partial charge on any atom is 0.0722 e. The number of hydrogen-bond acceptors (Lipinski definition) is 1. The van der Waals surface area contributed by atoms with E-state index in [1.807, 2.05) is 13.0 Å². The molecule has 1 rings (SSSR count). The van der Waals surface area contributed by atoms with Crippen molar-refractivity contribution in [1.82, 2.24) is 0 Å². The molecule has 76 valence electrons. The van der Waals surface area contributed by atoms with E-state index in [9.17, 15) is 5.11 Å². The van der Waals surface area contributed by atoms with Gasteiger partial charge in [0.25, 0.3) is 0 Å². The molecule has 0 saturated carbocycles. The first-order chi connectivity index (χ1) is 6.50. The Balaban J connectivity index is 3.07. The molecule has 14 heavy (non-hydrogen) atoms. The maximum atomic E-state index is 9.37. The summed E-state index contributed by atoms with van der Waals surface area (Å²) in [4.78, 5) is 0. The van der Waals surface area contributed by atoms with Gasteiger partial charge in [-0.05, 0) is 44.4 Å². The van der Waals surface area contributed by atoms with Crippen LogP contribution < -0.4 is 0 Å². The van der Waals surface area contributed by atoms with Gasteiger partial charge < -0.3 is 5.11 Å². The topological polar surface area (TPSA) is 20.2 Å². The van der Waals surface area contributed by atoms with Crippen molar-refractivity contribution in [2.24, 2.45) is 0 Å². The summed E-state index contributed by atoms with van der Waals surface area (Å²) in [5.74, 6) is 0. The Bertz CT molecular complexity index is 348. The third kappa shape index (κ3) is 2.71. The molecule has 0 amide bonds. The highest BCUT2D eigenvalue weighted by molar-refractivity contribution is 5.57. The second-order valence-electron chi connectivity index (χ2n) is 3.92. The summed E-state index contributed by atoms with van der Waals surface area (Å²) in [5.41, 5.74) is 4.69. The predicted molar refractivity (Wildman–Crippen MR) is 61.2 cm³/mol. The van der Waals surface area contributed by atoms with Crippen LogP contribution in [-0.2, 0) is 0 Å². The van der Waals surface area contributed by atoms with Gasteiger partial charge >= 0.3 is 0 Å². The summed E-state index contributed by atoms with van der Waals surface area (Å²) in [7, 11) is 0. The summed E-state index contributed by atoms with van der Waals surface area (Å²) < 4.78 is 0. The van der Waals surface area contributed by atoms with Gasteiger partial charge in [-0.3, -0.25) is 0 Å². The molecule has 0 fully saturated rings. The van der Waals surface area contributed by atoms with Crippen LogP contribution in [0.2, 0.25) is 0 Å². The molecule has 1 N–H and O–H groups in total. The van der Waals surface area contributed by atoms with Gasteiger partial charge in [-0.25, -0.2) is 0 Å². The van der Waals surface area contributed by atoms with Crippen LogP contribution in [0.5, 0.6) is 0 Å². The van der Waals surface area contributed by atoms with Gasteiger partial charge in [-0.1, -0.05) is 29.8 Å². The minimum Gasteiger partial charge on any atom is -0.389 e. The fraction of sp³-hybridized carbons (Fsp3) is 0.385. The van der Waals surface area contributed by atoms with Crippen LogP contribution in [0.15, 0.2) is 23.8 Å². The van der Waals surface area contributed by atoms with Gasteiger partial charge in [0, 0.05) is 0 Å². The lowest BCUT2D eigenvalue weighted by molar-refractivity contribution is 0.232. The number of hydrogen-bond donors (Lipinski definition) is 1. The molecule has 1 aromatic carbocycles. The molecule has 1 atom stereocenters. The van der Waals surface area contributed by atoms with Gasteiger partial charge in [0.1, 0.15) is 0 Å². The molecule has 0 aliphatic heterocycles. The van der Waals surface area contributed by atoms with Crippen molar-refractivity contribution in [2.75, 3.05) is 0 Å². The smallest absolute Gasteiger partial charge is 0.0722 e. The first kappa shape index (κ1) is 11.0. The van der Waals surface area contributed by atoms with Gasteiger partial charge in [0.2, 0.25) is 0 Å². The van der Waals surface area contributed by atoms with E-state index in [-0.39, 0.29) is 6.10 Å². The zero-order valence-electron chi connectivity index (χ0n) is 9.33. The van der Waals surface area contributed by atoms with Crippen molar-refractivity contribution in [3.05, 3.63) is 40.5 Å². The van der Waals surface area contributed by atoms with Gasteiger partial charge in [0.15, 0.2) is 0 Å². The monoisotopic (exact) mass is 190 g/mol. The first-order valence-electron chi connectivity index (χ1n) is 4.94. The highest BCUT2D eigenvalue weighted by Crippen LogP contribution is 2.15. The highest BCUT2D eigenvalue weighted by atomic mass is 16.3. The number of aliphatic hydroxyl groups excluding tert-OH is 1. The lowest BCUT2D eigenvalue weighted by atomic mass is 10.0. The third-order valence-corrected chi connectivity index (χ3v) is 2.48. The minimum absolute atomic E-state index is 0.366. The quantitative estimate of drug-likeness (QED) is 0.759. The first-order valence-corrected chi connectivity index (χ1v) is 4.94. The third-order valence-electron chi connectivity index (χ3n) is 2.48. The Hall–Kier alpha value is -1.08. The molecule has 1 nitrogen and oxygen atoms in total. The summed E-state index contributed by atoms with van der Waals surface area (Å²) >= 11 is 0. The summed E-state index contributed by atoms with van der Waals surface area (Å²) in [6.45, 7) is 7.90. The SMILES string of the molecule is C/C(=C\c1cc(C)ccc1C)C(C)O. The van der Waals surface area contributed by atoms with E-state index in [4.69, 9.17) is 0 Å². The van der Waals surface area contributed by atoms with Crippen LogP contribution in [0.25, 0.3) is 6.08 Å². The maximum absolute atomic E-state index is 9.37. The van der Waals surface area contributed by atoms with Gasteiger partial charge in [0.05, 0.1) is 6.10 Å². The van der Waals surface area contributed by atoms with E-state index in [0.29, 0.717) is 0 Å². The second kappa shape index (κ2) is 4.43. The van der Waals surface area contributed by atoms with E-state index < -0.39 is 0 Å². The zero-order chi connectivity index (χ0) is 10.7. The van der Waals surface area contributed by atoms with Crippen molar-refractivity contribution in [3.8, 4) is 0 Å². The van der Waals surface area contributed by atoms with Crippen molar-refractivity contribution in [2.45, 2.75) is 33.8 Å². The molecule has 1 aromatic rings. The van der Waals surface area contributed by atoms with Crippen LogP contribution in [0.3, 0.4) is 0 Å². The Morgan fingerprint density at radius 1 is 1.36 bits per heavy atom. The van der Waals surface area contributed by atoms with Crippen LogP contribution in [0, 0.1) is 13.8 Å². The van der Waals surface area contributed by atoms with Crippen LogP contribution in [0.4, 0.5) is 0 Å². The summed E-state index contributed by atoms with van der Waals surface area (Å²) in [6, 6.07) is 6.35. The number of aliphatic hydroxyl groups is 1. The molecule has 1 unspecified atom stereocenters. The molecule has 0 bridgehead atoms. The Kier molecular flexibility index (Phi) is 3.48. The van der Waals surface area contributed by atoms with Gasteiger partial charge in [-0.15, -0.1) is 0 Å². The number of benzene rings is 1. The average Bonchev–Trinajstić information content (AvgIpc) is 2.11.